The molecule has 0 heterocycles. The molecule has 0 aliphatic heterocycles. The third kappa shape index (κ3) is 1.74. The average Bonchev–Trinajstić information content (AvgIpc) is 2.61. The second-order valence-corrected chi connectivity index (χ2v) is 6.03. The molecule has 0 amide bonds. The lowest BCUT2D eigenvalue weighted by molar-refractivity contribution is 1.64. The van der Waals surface area contributed by atoms with E-state index >= 15 is 0 Å². The third-order valence-electron chi connectivity index (χ3n) is 4.82. The molecule has 0 aromatic heterocycles. The summed E-state index contributed by atoms with van der Waals surface area (Å²) in [4.78, 5) is 0. The normalized spacial score (nSPS) is 12.2. The van der Waals surface area contributed by atoms with E-state index in [1.807, 2.05) is 18.2 Å². The average molecular weight is 306 g/mol. The van der Waals surface area contributed by atoms with Crippen LogP contribution < -0.4 is 10.4 Å². The Morgan fingerprint density at radius 3 is 1.92 bits per heavy atom. The maximum Gasteiger partial charge on any atom is -0.00141 e. The fourth-order valence-electron chi connectivity index (χ4n) is 3.83. The lowest BCUT2D eigenvalue weighted by Crippen LogP contribution is -2.14. The van der Waals surface area contributed by atoms with Crippen molar-refractivity contribution in [3.63, 3.8) is 0 Å². The first-order valence-electron chi connectivity index (χ1n) is 8.01. The van der Waals surface area contributed by atoms with Gasteiger partial charge in [-0.3, -0.25) is 0 Å². The Bertz CT molecular complexity index is 1250. The van der Waals surface area contributed by atoms with E-state index in [4.69, 9.17) is 0 Å². The van der Waals surface area contributed by atoms with Crippen molar-refractivity contribution in [3.8, 4) is 0 Å². The van der Waals surface area contributed by atoms with Gasteiger partial charge in [0.1, 0.15) is 0 Å². The lowest BCUT2D eigenvalue weighted by Gasteiger charge is -2.16. The molecule has 0 aliphatic rings. The standard InChI is InChI=1S/C24H18/c1-5-8-20-19(7-3)21-15(4)9-10-17-13-14-18-12-11-16(6-2)22(20)24(18)23(17)21/h5-14H,1-4H2/b20-8-. The molecule has 0 radical (unpaired) electrons. The van der Waals surface area contributed by atoms with E-state index in [1.54, 1.807) is 0 Å². The number of rotatable bonds is 3. The van der Waals surface area contributed by atoms with Crippen molar-refractivity contribution in [2.24, 2.45) is 0 Å². The molecule has 4 rings (SSSR count). The summed E-state index contributed by atoms with van der Waals surface area (Å²) in [6.45, 7) is 16.3. The van der Waals surface area contributed by atoms with Crippen LogP contribution in [-0.4, -0.2) is 0 Å². The summed E-state index contributed by atoms with van der Waals surface area (Å²) in [5, 5.41) is 9.53. The van der Waals surface area contributed by atoms with Gasteiger partial charge in [-0.25, -0.2) is 0 Å². The summed E-state index contributed by atoms with van der Waals surface area (Å²) in [5.41, 5.74) is 2.24. The number of hydrogen-bond acceptors (Lipinski definition) is 0. The summed E-state index contributed by atoms with van der Waals surface area (Å²) >= 11 is 0. The van der Waals surface area contributed by atoms with E-state index in [1.165, 1.54) is 32.3 Å². The van der Waals surface area contributed by atoms with Crippen LogP contribution in [0.4, 0.5) is 0 Å². The summed E-state index contributed by atoms with van der Waals surface area (Å²) in [6.07, 6.45) is 7.75. The molecule has 0 saturated carbocycles. The molecule has 0 N–H and O–H groups in total. The van der Waals surface area contributed by atoms with Crippen LogP contribution in [0.1, 0.15) is 11.1 Å². The molecule has 24 heavy (non-hydrogen) atoms. The van der Waals surface area contributed by atoms with Crippen LogP contribution in [0.15, 0.2) is 62.2 Å². The molecule has 0 spiro atoms. The Labute approximate surface area is 141 Å². The second-order valence-electron chi connectivity index (χ2n) is 6.03. The number of benzene rings is 4. The summed E-state index contributed by atoms with van der Waals surface area (Å²) < 4.78 is 0. The number of allylic oxidation sites excluding steroid dienone is 1. The van der Waals surface area contributed by atoms with Crippen molar-refractivity contribution in [2.45, 2.75) is 0 Å². The van der Waals surface area contributed by atoms with E-state index < -0.39 is 0 Å². The molecule has 4 aromatic carbocycles. The first-order valence-corrected chi connectivity index (χ1v) is 8.01. The number of hydrogen-bond donors (Lipinski definition) is 0. The van der Waals surface area contributed by atoms with Gasteiger partial charge in [-0.1, -0.05) is 87.0 Å². The maximum absolute atomic E-state index is 4.27. The van der Waals surface area contributed by atoms with Gasteiger partial charge >= 0.3 is 0 Å². The highest BCUT2D eigenvalue weighted by atomic mass is 14.2. The fourth-order valence-corrected chi connectivity index (χ4v) is 3.83. The van der Waals surface area contributed by atoms with E-state index in [9.17, 15) is 0 Å². The van der Waals surface area contributed by atoms with Crippen LogP contribution in [-0.2, 0) is 0 Å². The van der Waals surface area contributed by atoms with Crippen LogP contribution in [0.5, 0.6) is 0 Å². The molecule has 0 bridgehead atoms. The lowest BCUT2D eigenvalue weighted by atomic mass is 9.86. The van der Waals surface area contributed by atoms with Gasteiger partial charge in [0, 0.05) is 0 Å². The van der Waals surface area contributed by atoms with Crippen LogP contribution in [0.2, 0.25) is 0 Å². The minimum Gasteiger partial charge on any atom is -0.0990 e. The Morgan fingerprint density at radius 1 is 0.667 bits per heavy atom. The van der Waals surface area contributed by atoms with Gasteiger partial charge in [-0.15, -0.1) is 0 Å². The SMILES string of the molecule is C=C/C=c1/c(C=C)c2c(=C)ccc3ccc4ccc(C=C)c1c4c32. The zero-order chi connectivity index (χ0) is 16.8. The van der Waals surface area contributed by atoms with Crippen molar-refractivity contribution in [1.29, 1.82) is 0 Å². The smallest absolute Gasteiger partial charge is 0.00141 e. The minimum atomic E-state index is 1.02. The zero-order valence-corrected chi connectivity index (χ0v) is 13.6. The molecular formula is C24H18. The summed E-state index contributed by atoms with van der Waals surface area (Å²) in [6, 6.07) is 12.9. The van der Waals surface area contributed by atoms with Gasteiger partial charge in [-0.2, -0.15) is 0 Å². The van der Waals surface area contributed by atoms with Crippen molar-refractivity contribution in [2.75, 3.05) is 0 Å². The highest BCUT2D eigenvalue weighted by Crippen LogP contribution is 2.35. The first-order chi connectivity index (χ1) is 11.7. The molecular weight excluding hydrogens is 288 g/mol. The topological polar surface area (TPSA) is 0 Å². The first kappa shape index (κ1) is 14.5. The predicted octanol–water partition coefficient (Wildman–Crippen LogP) is 5.25. The van der Waals surface area contributed by atoms with Crippen molar-refractivity contribution in [3.05, 3.63) is 83.8 Å². The van der Waals surface area contributed by atoms with Gasteiger partial charge in [0.2, 0.25) is 0 Å². The zero-order valence-electron chi connectivity index (χ0n) is 13.6. The van der Waals surface area contributed by atoms with Gasteiger partial charge in [0.15, 0.2) is 0 Å². The molecule has 114 valence electrons. The second kappa shape index (κ2) is 5.21. The largest absolute Gasteiger partial charge is 0.0990 e. The van der Waals surface area contributed by atoms with Gasteiger partial charge in [0.25, 0.3) is 0 Å². The fraction of sp³-hybridized carbons (Fsp3) is 0. The van der Waals surface area contributed by atoms with E-state index in [0.717, 1.165) is 21.6 Å². The Kier molecular flexibility index (Phi) is 3.14. The van der Waals surface area contributed by atoms with Crippen LogP contribution in [0, 0.1) is 0 Å². The van der Waals surface area contributed by atoms with Crippen molar-refractivity contribution >= 4 is 57.1 Å². The molecule has 0 heteroatoms. The Balaban J connectivity index is 2.59. The van der Waals surface area contributed by atoms with Crippen LogP contribution >= 0.6 is 0 Å². The quantitative estimate of drug-likeness (QED) is 0.454. The maximum atomic E-state index is 4.27. The molecule has 0 aliphatic carbocycles. The van der Waals surface area contributed by atoms with Gasteiger partial charge < -0.3 is 0 Å². The van der Waals surface area contributed by atoms with Crippen LogP contribution in [0.3, 0.4) is 0 Å². The highest BCUT2D eigenvalue weighted by Gasteiger charge is 2.15. The molecule has 0 unspecified atom stereocenters. The summed E-state index contributed by atoms with van der Waals surface area (Å²) in [7, 11) is 0. The van der Waals surface area contributed by atoms with E-state index in [-0.39, 0.29) is 0 Å². The molecule has 0 atom stereocenters. The monoisotopic (exact) mass is 306 g/mol. The Morgan fingerprint density at radius 2 is 1.29 bits per heavy atom. The molecule has 0 saturated heterocycles. The molecule has 0 nitrogen and oxygen atoms in total. The molecule has 4 aromatic rings. The summed E-state index contributed by atoms with van der Waals surface area (Å²) in [5.74, 6) is 0. The van der Waals surface area contributed by atoms with E-state index in [0.29, 0.717) is 0 Å². The van der Waals surface area contributed by atoms with Gasteiger partial charge in [0.05, 0.1) is 0 Å². The Hall–Kier alpha value is -3.12. The minimum absolute atomic E-state index is 1.02. The van der Waals surface area contributed by atoms with Gasteiger partial charge in [-0.05, 0) is 53.9 Å². The third-order valence-corrected chi connectivity index (χ3v) is 4.82. The predicted molar refractivity (Wildman–Crippen MR) is 110 cm³/mol. The van der Waals surface area contributed by atoms with Crippen LogP contribution in [0.25, 0.3) is 57.1 Å². The highest BCUT2D eigenvalue weighted by molar-refractivity contribution is 6.26. The van der Waals surface area contributed by atoms with Crippen molar-refractivity contribution in [1.82, 2.24) is 0 Å². The van der Waals surface area contributed by atoms with Crippen molar-refractivity contribution < 1.29 is 0 Å². The van der Waals surface area contributed by atoms with E-state index in [2.05, 4.69) is 68.8 Å². The molecule has 0 fully saturated rings.